The molecule has 0 radical (unpaired) electrons. The molecule has 3 amide bonds. The van der Waals surface area contributed by atoms with E-state index >= 15 is 0 Å². The summed E-state index contributed by atoms with van der Waals surface area (Å²) in [5, 5.41) is 2.90. The van der Waals surface area contributed by atoms with E-state index in [-0.39, 0.29) is 24.3 Å². The first-order valence-corrected chi connectivity index (χ1v) is 9.46. The van der Waals surface area contributed by atoms with Gasteiger partial charge in [-0.3, -0.25) is 9.69 Å². The van der Waals surface area contributed by atoms with E-state index in [4.69, 9.17) is 9.47 Å². The average molecular weight is 411 g/mol. The third-order valence-electron chi connectivity index (χ3n) is 5.47. The average Bonchev–Trinajstić information content (AvgIpc) is 3.08. The maximum atomic E-state index is 13.3. The van der Waals surface area contributed by atoms with Gasteiger partial charge in [0, 0.05) is 19.2 Å². The van der Waals surface area contributed by atoms with Gasteiger partial charge in [-0.2, -0.15) is 0 Å². The van der Waals surface area contributed by atoms with Gasteiger partial charge >= 0.3 is 6.03 Å². The Morgan fingerprint density at radius 1 is 1.10 bits per heavy atom. The molecule has 0 aliphatic carbocycles. The molecule has 4 rings (SSSR count). The van der Waals surface area contributed by atoms with Gasteiger partial charge in [-0.25, -0.2) is 9.18 Å². The largest absolute Gasteiger partial charge is 0.493 e. The minimum atomic E-state index is -0.667. The first-order valence-electron chi connectivity index (χ1n) is 9.46. The molecular weight excluding hydrogens is 389 g/mol. The molecule has 30 heavy (non-hydrogen) atoms. The minimum absolute atomic E-state index is 0.184. The Balaban J connectivity index is 1.72. The molecule has 2 aromatic carbocycles. The smallest absolute Gasteiger partial charge is 0.322 e. The van der Waals surface area contributed by atoms with Crippen molar-refractivity contribution in [2.45, 2.75) is 12.6 Å². The SMILES string of the molecule is COc1cccc([C@H]2NC(=O)N(C)C3=C2C(=O)N(Cc2ccc(F)cc2)C3)c1OC. The first-order chi connectivity index (χ1) is 14.4. The van der Waals surface area contributed by atoms with E-state index in [1.165, 1.54) is 31.3 Å². The third kappa shape index (κ3) is 3.24. The second kappa shape index (κ2) is 7.70. The molecule has 7 nitrogen and oxygen atoms in total. The van der Waals surface area contributed by atoms with Gasteiger partial charge in [-0.1, -0.05) is 24.3 Å². The van der Waals surface area contributed by atoms with Crippen LogP contribution in [0.15, 0.2) is 53.7 Å². The lowest BCUT2D eigenvalue weighted by atomic mass is 9.94. The summed E-state index contributed by atoms with van der Waals surface area (Å²) < 4.78 is 24.1. The molecule has 2 aromatic rings. The Bertz CT molecular complexity index is 1040. The van der Waals surface area contributed by atoms with Crippen LogP contribution in [-0.2, 0) is 11.3 Å². The van der Waals surface area contributed by atoms with Crippen LogP contribution in [0.4, 0.5) is 9.18 Å². The van der Waals surface area contributed by atoms with E-state index in [2.05, 4.69) is 5.32 Å². The van der Waals surface area contributed by atoms with E-state index < -0.39 is 6.04 Å². The summed E-state index contributed by atoms with van der Waals surface area (Å²) >= 11 is 0. The van der Waals surface area contributed by atoms with Crippen molar-refractivity contribution in [1.29, 1.82) is 0 Å². The van der Waals surface area contributed by atoms with Crippen LogP contribution in [0.1, 0.15) is 17.2 Å². The lowest BCUT2D eigenvalue weighted by Gasteiger charge is -2.31. The molecule has 0 saturated heterocycles. The van der Waals surface area contributed by atoms with E-state index in [1.54, 1.807) is 42.3 Å². The number of nitrogens with one attached hydrogen (secondary N) is 1. The highest BCUT2D eigenvalue weighted by atomic mass is 19.1. The molecule has 0 saturated carbocycles. The Morgan fingerprint density at radius 2 is 1.83 bits per heavy atom. The topological polar surface area (TPSA) is 71.1 Å². The normalized spacial score (nSPS) is 18.5. The molecular formula is C22H22FN3O4. The summed E-state index contributed by atoms with van der Waals surface area (Å²) in [5.74, 6) is 0.463. The van der Waals surface area contributed by atoms with Gasteiger partial charge in [-0.05, 0) is 23.8 Å². The number of hydrogen-bond donors (Lipinski definition) is 1. The van der Waals surface area contributed by atoms with Crippen LogP contribution in [0.3, 0.4) is 0 Å². The van der Waals surface area contributed by atoms with Crippen LogP contribution in [0.5, 0.6) is 11.5 Å². The molecule has 0 unspecified atom stereocenters. The highest BCUT2D eigenvalue weighted by Gasteiger charge is 2.43. The van der Waals surface area contributed by atoms with Crippen molar-refractivity contribution in [3.8, 4) is 11.5 Å². The number of ether oxygens (including phenoxy) is 2. The van der Waals surface area contributed by atoms with Gasteiger partial charge in [0.25, 0.3) is 5.91 Å². The predicted molar refractivity (Wildman–Crippen MR) is 107 cm³/mol. The molecule has 0 fully saturated rings. The monoisotopic (exact) mass is 411 g/mol. The molecule has 156 valence electrons. The number of para-hydroxylation sites is 1. The van der Waals surface area contributed by atoms with Crippen molar-refractivity contribution in [2.24, 2.45) is 0 Å². The fourth-order valence-corrected chi connectivity index (χ4v) is 3.93. The van der Waals surface area contributed by atoms with E-state index in [9.17, 15) is 14.0 Å². The second-order valence-corrected chi connectivity index (χ2v) is 7.17. The Morgan fingerprint density at radius 3 is 2.50 bits per heavy atom. The van der Waals surface area contributed by atoms with Gasteiger partial charge in [0.2, 0.25) is 0 Å². The lowest BCUT2D eigenvalue weighted by Crippen LogP contribution is -2.45. The minimum Gasteiger partial charge on any atom is -0.493 e. The summed E-state index contributed by atoms with van der Waals surface area (Å²) in [5.41, 5.74) is 2.58. The molecule has 0 bridgehead atoms. The number of nitrogens with zero attached hydrogens (tertiary/aromatic N) is 2. The molecule has 1 atom stereocenters. The molecule has 0 aromatic heterocycles. The van der Waals surface area contributed by atoms with Crippen molar-refractivity contribution in [1.82, 2.24) is 15.1 Å². The number of urea groups is 1. The number of carbonyl (C=O) groups is 2. The summed E-state index contributed by atoms with van der Waals surface area (Å²) in [7, 11) is 4.69. The Labute approximate surface area is 173 Å². The number of benzene rings is 2. The van der Waals surface area contributed by atoms with Crippen LogP contribution in [0.25, 0.3) is 0 Å². The van der Waals surface area contributed by atoms with Crippen molar-refractivity contribution in [3.05, 3.63) is 70.7 Å². The first kappa shape index (κ1) is 19.8. The van der Waals surface area contributed by atoms with Crippen LogP contribution in [0.2, 0.25) is 0 Å². The number of halogens is 1. The van der Waals surface area contributed by atoms with Gasteiger partial charge in [-0.15, -0.1) is 0 Å². The number of methoxy groups -OCH3 is 2. The molecule has 2 aliphatic rings. The Kier molecular flexibility index (Phi) is 5.07. The van der Waals surface area contributed by atoms with Gasteiger partial charge in [0.05, 0.1) is 38.1 Å². The second-order valence-electron chi connectivity index (χ2n) is 7.17. The number of likely N-dealkylation sites (N-methyl/N-ethyl adjacent to an activating group) is 1. The summed E-state index contributed by atoms with van der Waals surface area (Å²) in [4.78, 5) is 29.1. The summed E-state index contributed by atoms with van der Waals surface area (Å²) in [6, 6.07) is 10.4. The molecule has 1 N–H and O–H groups in total. The number of hydrogen-bond acceptors (Lipinski definition) is 4. The quantitative estimate of drug-likeness (QED) is 0.822. The lowest BCUT2D eigenvalue weighted by molar-refractivity contribution is -0.126. The highest BCUT2D eigenvalue weighted by molar-refractivity contribution is 6.01. The number of amides is 3. The van der Waals surface area contributed by atoms with E-state index in [1.807, 2.05) is 0 Å². The highest BCUT2D eigenvalue weighted by Crippen LogP contribution is 2.42. The molecule has 2 aliphatic heterocycles. The van der Waals surface area contributed by atoms with Crippen molar-refractivity contribution in [2.75, 3.05) is 27.8 Å². The molecule has 0 spiro atoms. The zero-order valence-corrected chi connectivity index (χ0v) is 16.9. The number of rotatable bonds is 5. The molecule has 8 heteroatoms. The van der Waals surface area contributed by atoms with Crippen molar-refractivity contribution in [3.63, 3.8) is 0 Å². The zero-order valence-electron chi connectivity index (χ0n) is 16.9. The van der Waals surface area contributed by atoms with Crippen LogP contribution in [-0.4, -0.2) is 49.6 Å². The molecule has 2 heterocycles. The zero-order chi connectivity index (χ0) is 21.4. The number of carbonyl (C=O) groups excluding carboxylic acids is 2. The fourth-order valence-electron chi connectivity index (χ4n) is 3.93. The Hall–Kier alpha value is -3.55. The van der Waals surface area contributed by atoms with E-state index in [0.29, 0.717) is 34.9 Å². The van der Waals surface area contributed by atoms with Gasteiger partial charge in [0.15, 0.2) is 11.5 Å². The van der Waals surface area contributed by atoms with Crippen LogP contribution in [0, 0.1) is 5.82 Å². The maximum Gasteiger partial charge on any atom is 0.322 e. The fraction of sp³-hybridized carbons (Fsp3) is 0.273. The van der Waals surface area contributed by atoms with Crippen LogP contribution >= 0.6 is 0 Å². The van der Waals surface area contributed by atoms with E-state index in [0.717, 1.165) is 5.56 Å². The summed E-state index contributed by atoms with van der Waals surface area (Å²) in [6.45, 7) is 0.606. The standard InChI is InChI=1S/C22H22FN3O4/c1-25-16-12-26(11-13-7-9-14(23)10-8-13)21(27)18(16)19(24-22(25)28)15-5-4-6-17(29-2)20(15)30-3/h4-10,19H,11-12H2,1-3H3,(H,24,28)/t19-/m1/s1. The van der Waals surface area contributed by atoms with Crippen LogP contribution < -0.4 is 14.8 Å². The van der Waals surface area contributed by atoms with Crippen molar-refractivity contribution >= 4 is 11.9 Å². The van der Waals surface area contributed by atoms with Crippen molar-refractivity contribution < 1.29 is 23.5 Å². The summed E-state index contributed by atoms with van der Waals surface area (Å²) in [6.07, 6.45) is 0. The predicted octanol–water partition coefficient (Wildman–Crippen LogP) is 2.84. The maximum absolute atomic E-state index is 13.3. The van der Waals surface area contributed by atoms with Gasteiger partial charge < -0.3 is 19.7 Å². The van der Waals surface area contributed by atoms with Gasteiger partial charge in [0.1, 0.15) is 5.82 Å². The third-order valence-corrected chi connectivity index (χ3v) is 5.47.